The summed E-state index contributed by atoms with van der Waals surface area (Å²) in [5.74, 6) is 0.397. The van der Waals surface area contributed by atoms with Crippen molar-refractivity contribution in [1.29, 1.82) is 0 Å². The maximum Gasteiger partial charge on any atom is 0.243 e. The molecule has 4 heteroatoms. The SMILES string of the molecule is CCN1C(=O)C(C)(C)N[C@]1(C)Cc1ccc(O)cc1. The van der Waals surface area contributed by atoms with Crippen molar-refractivity contribution in [2.75, 3.05) is 6.54 Å². The molecule has 2 N–H and O–H groups in total. The minimum atomic E-state index is -0.526. The van der Waals surface area contributed by atoms with E-state index in [1.165, 1.54) is 0 Å². The highest BCUT2D eigenvalue weighted by atomic mass is 16.3. The molecule has 1 saturated heterocycles. The van der Waals surface area contributed by atoms with Gasteiger partial charge in [0.1, 0.15) is 5.75 Å². The lowest BCUT2D eigenvalue weighted by molar-refractivity contribution is -0.133. The summed E-state index contributed by atoms with van der Waals surface area (Å²) in [6.07, 6.45) is 0.719. The number of phenolic OH excluding ortho intramolecular Hbond substituents is 1. The fourth-order valence-electron chi connectivity index (χ4n) is 3.00. The summed E-state index contributed by atoms with van der Waals surface area (Å²) >= 11 is 0. The van der Waals surface area contributed by atoms with Gasteiger partial charge >= 0.3 is 0 Å². The summed E-state index contributed by atoms with van der Waals surface area (Å²) in [6, 6.07) is 7.14. The molecule has 1 aromatic rings. The lowest BCUT2D eigenvalue weighted by atomic mass is 10.00. The van der Waals surface area contributed by atoms with Gasteiger partial charge in [0.05, 0.1) is 11.2 Å². The molecule has 1 heterocycles. The summed E-state index contributed by atoms with van der Waals surface area (Å²) in [5.41, 5.74) is 0.185. The van der Waals surface area contributed by atoms with Crippen LogP contribution in [0.4, 0.5) is 0 Å². The van der Waals surface area contributed by atoms with Gasteiger partial charge in [0.15, 0.2) is 0 Å². The molecule has 1 aliphatic rings. The van der Waals surface area contributed by atoms with Gasteiger partial charge in [-0.15, -0.1) is 0 Å². The Morgan fingerprint density at radius 1 is 1.21 bits per heavy atom. The highest BCUT2D eigenvalue weighted by molar-refractivity contribution is 5.88. The summed E-state index contributed by atoms with van der Waals surface area (Å²) in [6.45, 7) is 8.57. The highest BCUT2D eigenvalue weighted by Crippen LogP contribution is 2.30. The van der Waals surface area contributed by atoms with Crippen LogP contribution >= 0.6 is 0 Å². The lowest BCUT2D eigenvalue weighted by Gasteiger charge is -2.34. The molecule has 0 unspecified atom stereocenters. The van der Waals surface area contributed by atoms with E-state index >= 15 is 0 Å². The van der Waals surface area contributed by atoms with Crippen LogP contribution in [0.2, 0.25) is 0 Å². The largest absolute Gasteiger partial charge is 0.508 e. The first-order chi connectivity index (χ1) is 8.78. The molecule has 4 nitrogen and oxygen atoms in total. The van der Waals surface area contributed by atoms with Crippen LogP contribution < -0.4 is 5.32 Å². The van der Waals surface area contributed by atoms with E-state index in [2.05, 4.69) is 12.2 Å². The number of nitrogens with one attached hydrogen (secondary N) is 1. The predicted octanol–water partition coefficient (Wildman–Crippen LogP) is 1.88. The molecule has 1 atom stereocenters. The van der Waals surface area contributed by atoms with E-state index in [0.29, 0.717) is 6.54 Å². The molecule has 104 valence electrons. The first kappa shape index (κ1) is 13.9. The van der Waals surface area contributed by atoms with E-state index in [1.54, 1.807) is 12.1 Å². The number of rotatable bonds is 3. The number of carbonyl (C=O) groups excluding carboxylic acids is 1. The molecule has 1 aromatic carbocycles. The molecule has 0 spiro atoms. The topological polar surface area (TPSA) is 52.6 Å². The Balaban J connectivity index is 2.27. The second-order valence-electron chi connectivity index (χ2n) is 5.92. The monoisotopic (exact) mass is 262 g/mol. The van der Waals surface area contributed by atoms with Gasteiger partial charge in [0.2, 0.25) is 5.91 Å². The molecule has 19 heavy (non-hydrogen) atoms. The second-order valence-corrected chi connectivity index (χ2v) is 5.92. The maximum absolute atomic E-state index is 12.3. The first-order valence-electron chi connectivity index (χ1n) is 6.68. The number of likely N-dealkylation sites (N-methyl/N-ethyl adjacent to an activating group) is 1. The Kier molecular flexibility index (Phi) is 3.31. The van der Waals surface area contributed by atoms with Crippen molar-refractivity contribution >= 4 is 5.91 Å². The maximum atomic E-state index is 12.3. The third-order valence-corrected chi connectivity index (χ3v) is 3.76. The fourth-order valence-corrected chi connectivity index (χ4v) is 3.00. The number of phenols is 1. The highest BCUT2D eigenvalue weighted by Gasteiger charge is 2.50. The number of aromatic hydroxyl groups is 1. The zero-order valence-electron chi connectivity index (χ0n) is 12.0. The van der Waals surface area contributed by atoms with E-state index in [4.69, 9.17) is 0 Å². The van der Waals surface area contributed by atoms with Gasteiger partial charge in [-0.25, -0.2) is 0 Å². The Morgan fingerprint density at radius 2 is 1.79 bits per heavy atom. The average molecular weight is 262 g/mol. The quantitative estimate of drug-likeness (QED) is 0.874. The summed E-state index contributed by atoms with van der Waals surface area (Å²) in [4.78, 5) is 14.2. The Labute approximate surface area is 114 Å². The molecule has 1 aliphatic heterocycles. The molecule has 0 radical (unpaired) electrons. The van der Waals surface area contributed by atoms with Gasteiger partial charge in [-0.3, -0.25) is 10.1 Å². The summed E-state index contributed by atoms with van der Waals surface area (Å²) in [7, 11) is 0. The van der Waals surface area contributed by atoms with Gasteiger partial charge in [0, 0.05) is 13.0 Å². The molecule has 1 fully saturated rings. The van der Waals surface area contributed by atoms with E-state index in [-0.39, 0.29) is 17.3 Å². The van der Waals surface area contributed by atoms with Crippen LogP contribution in [-0.2, 0) is 11.2 Å². The Hall–Kier alpha value is -1.55. The van der Waals surface area contributed by atoms with Crippen LogP contribution in [0.5, 0.6) is 5.75 Å². The van der Waals surface area contributed by atoms with Gasteiger partial charge in [-0.2, -0.15) is 0 Å². The molecule has 1 amide bonds. The van der Waals surface area contributed by atoms with Gasteiger partial charge in [-0.05, 0) is 45.4 Å². The number of nitrogens with zero attached hydrogens (tertiary/aromatic N) is 1. The van der Waals surface area contributed by atoms with Crippen molar-refractivity contribution in [2.45, 2.75) is 45.3 Å². The molecular weight excluding hydrogens is 240 g/mol. The number of amides is 1. The van der Waals surface area contributed by atoms with Crippen molar-refractivity contribution in [1.82, 2.24) is 10.2 Å². The van der Waals surface area contributed by atoms with Crippen LogP contribution in [0, 0.1) is 0 Å². The van der Waals surface area contributed by atoms with Crippen molar-refractivity contribution in [3.05, 3.63) is 29.8 Å². The predicted molar refractivity (Wildman–Crippen MR) is 74.8 cm³/mol. The number of hydrogen-bond donors (Lipinski definition) is 2. The van der Waals surface area contributed by atoms with Crippen molar-refractivity contribution in [2.24, 2.45) is 0 Å². The van der Waals surface area contributed by atoms with E-state index < -0.39 is 5.54 Å². The van der Waals surface area contributed by atoms with Crippen molar-refractivity contribution < 1.29 is 9.90 Å². The van der Waals surface area contributed by atoms with Crippen molar-refractivity contribution in [3.8, 4) is 5.75 Å². The lowest BCUT2D eigenvalue weighted by Crippen LogP contribution is -2.52. The first-order valence-corrected chi connectivity index (χ1v) is 6.68. The fraction of sp³-hybridized carbons (Fsp3) is 0.533. The molecule has 0 saturated carbocycles. The number of benzene rings is 1. The zero-order chi connectivity index (χ0) is 14.3. The average Bonchev–Trinajstić information content (AvgIpc) is 2.48. The van der Waals surface area contributed by atoms with Crippen LogP contribution in [0.15, 0.2) is 24.3 Å². The standard InChI is InChI=1S/C15H22N2O2/c1-5-17-13(19)14(2,3)16-15(17,4)10-11-6-8-12(18)9-7-11/h6-9,16,18H,5,10H2,1-4H3/t15-/m0/s1. The minimum Gasteiger partial charge on any atom is -0.508 e. The van der Waals surface area contributed by atoms with E-state index in [1.807, 2.05) is 37.8 Å². The van der Waals surface area contributed by atoms with Crippen LogP contribution in [-0.4, -0.2) is 33.7 Å². The van der Waals surface area contributed by atoms with Gasteiger partial charge < -0.3 is 10.0 Å². The smallest absolute Gasteiger partial charge is 0.243 e. The van der Waals surface area contributed by atoms with Crippen LogP contribution in [0.3, 0.4) is 0 Å². The Morgan fingerprint density at radius 3 is 2.32 bits per heavy atom. The minimum absolute atomic E-state index is 0.135. The van der Waals surface area contributed by atoms with E-state index in [9.17, 15) is 9.90 Å². The van der Waals surface area contributed by atoms with Gasteiger partial charge in [-0.1, -0.05) is 12.1 Å². The normalized spacial score (nSPS) is 25.9. The summed E-state index contributed by atoms with van der Waals surface area (Å²) < 4.78 is 0. The van der Waals surface area contributed by atoms with E-state index in [0.717, 1.165) is 12.0 Å². The summed E-state index contributed by atoms with van der Waals surface area (Å²) in [5, 5.41) is 12.8. The Bertz CT molecular complexity index is 481. The number of carbonyl (C=O) groups is 1. The third kappa shape index (κ3) is 2.45. The zero-order valence-corrected chi connectivity index (χ0v) is 12.0. The third-order valence-electron chi connectivity index (χ3n) is 3.76. The molecule has 0 bridgehead atoms. The van der Waals surface area contributed by atoms with Crippen LogP contribution in [0.25, 0.3) is 0 Å². The van der Waals surface area contributed by atoms with Crippen LogP contribution in [0.1, 0.15) is 33.3 Å². The molecule has 0 aromatic heterocycles. The number of hydrogen-bond acceptors (Lipinski definition) is 3. The molecular formula is C15H22N2O2. The molecule has 0 aliphatic carbocycles. The van der Waals surface area contributed by atoms with Gasteiger partial charge in [0.25, 0.3) is 0 Å². The second kappa shape index (κ2) is 4.53. The van der Waals surface area contributed by atoms with Crippen molar-refractivity contribution in [3.63, 3.8) is 0 Å². The molecule has 2 rings (SSSR count).